The Morgan fingerprint density at radius 2 is 1.81 bits per heavy atom. The van der Waals surface area contributed by atoms with Crippen molar-refractivity contribution >= 4 is 22.0 Å². The zero-order valence-corrected chi connectivity index (χ0v) is 14.6. The van der Waals surface area contributed by atoms with Crippen LogP contribution < -0.4 is 0 Å². The van der Waals surface area contributed by atoms with E-state index >= 15 is 0 Å². The van der Waals surface area contributed by atoms with E-state index in [9.17, 15) is 4.79 Å². The summed E-state index contributed by atoms with van der Waals surface area (Å²) >= 11 is 3.46. The van der Waals surface area contributed by atoms with Gasteiger partial charge in [-0.3, -0.25) is 0 Å². The highest BCUT2D eigenvalue weighted by atomic mass is 79.9. The smallest absolute Gasteiger partial charge is 0.410 e. The lowest BCUT2D eigenvalue weighted by Gasteiger charge is -2.33. The van der Waals surface area contributed by atoms with Crippen molar-refractivity contribution in [2.45, 2.75) is 45.6 Å². The summed E-state index contributed by atoms with van der Waals surface area (Å²) in [5, 5.41) is 0. The van der Waals surface area contributed by atoms with Crippen molar-refractivity contribution in [3.8, 4) is 0 Å². The van der Waals surface area contributed by atoms with Crippen LogP contribution in [-0.4, -0.2) is 29.7 Å². The van der Waals surface area contributed by atoms with Crippen LogP contribution in [0.5, 0.6) is 0 Å². The zero-order chi connectivity index (χ0) is 15.5. The van der Waals surface area contributed by atoms with Crippen molar-refractivity contribution in [1.82, 2.24) is 4.90 Å². The number of amides is 1. The van der Waals surface area contributed by atoms with Crippen molar-refractivity contribution in [1.29, 1.82) is 0 Å². The summed E-state index contributed by atoms with van der Waals surface area (Å²) in [6, 6.07) is 8.52. The van der Waals surface area contributed by atoms with Gasteiger partial charge in [-0.2, -0.15) is 0 Å². The third-order valence-electron chi connectivity index (χ3n) is 3.70. The van der Waals surface area contributed by atoms with Gasteiger partial charge in [0.25, 0.3) is 0 Å². The Balaban J connectivity index is 1.80. The second kappa shape index (κ2) is 6.82. The largest absolute Gasteiger partial charge is 0.444 e. The van der Waals surface area contributed by atoms with Gasteiger partial charge in [-0.05, 0) is 63.6 Å². The molecule has 3 nitrogen and oxygen atoms in total. The Labute approximate surface area is 135 Å². The normalized spacial score (nSPS) is 16.9. The minimum absolute atomic E-state index is 0.176. The third-order valence-corrected chi connectivity index (χ3v) is 4.23. The van der Waals surface area contributed by atoms with Crippen molar-refractivity contribution in [3.05, 3.63) is 34.3 Å². The molecule has 1 fully saturated rings. The fourth-order valence-electron chi connectivity index (χ4n) is 2.60. The first kappa shape index (κ1) is 16.3. The molecule has 0 radical (unpaired) electrons. The summed E-state index contributed by atoms with van der Waals surface area (Å²) in [4.78, 5) is 13.9. The quantitative estimate of drug-likeness (QED) is 0.774. The molecule has 1 saturated heterocycles. The van der Waals surface area contributed by atoms with Gasteiger partial charge in [-0.1, -0.05) is 28.1 Å². The molecule has 21 heavy (non-hydrogen) atoms. The predicted octanol–water partition coefficient (Wildman–Crippen LogP) is 4.64. The molecule has 1 heterocycles. The number of hydrogen-bond acceptors (Lipinski definition) is 2. The number of carbonyl (C=O) groups is 1. The molecule has 0 unspecified atom stereocenters. The fraction of sp³-hybridized carbons (Fsp3) is 0.588. The van der Waals surface area contributed by atoms with Gasteiger partial charge in [0.05, 0.1) is 0 Å². The van der Waals surface area contributed by atoms with Crippen molar-refractivity contribution in [3.63, 3.8) is 0 Å². The van der Waals surface area contributed by atoms with Crippen LogP contribution in [0.15, 0.2) is 28.7 Å². The lowest BCUT2D eigenvalue weighted by atomic mass is 9.90. The maximum Gasteiger partial charge on any atom is 0.410 e. The van der Waals surface area contributed by atoms with Crippen LogP contribution in [0.2, 0.25) is 0 Å². The summed E-state index contributed by atoms with van der Waals surface area (Å²) in [5.74, 6) is 0.657. The van der Waals surface area contributed by atoms with Crippen LogP contribution in [0.4, 0.5) is 4.79 Å². The first-order valence-corrected chi connectivity index (χ1v) is 8.35. The average Bonchev–Trinajstić information content (AvgIpc) is 2.40. The molecule has 1 aromatic rings. The van der Waals surface area contributed by atoms with Gasteiger partial charge in [0.1, 0.15) is 5.60 Å². The molecule has 1 aliphatic heterocycles. The van der Waals surface area contributed by atoms with E-state index in [0.717, 1.165) is 36.8 Å². The van der Waals surface area contributed by atoms with E-state index < -0.39 is 5.60 Å². The molecular formula is C17H24BrNO2. The van der Waals surface area contributed by atoms with Crippen molar-refractivity contribution in [2.24, 2.45) is 5.92 Å². The van der Waals surface area contributed by atoms with E-state index in [1.165, 1.54) is 5.56 Å². The minimum atomic E-state index is -0.411. The van der Waals surface area contributed by atoms with Gasteiger partial charge in [0, 0.05) is 17.6 Å². The minimum Gasteiger partial charge on any atom is -0.444 e. The maximum absolute atomic E-state index is 12.0. The van der Waals surface area contributed by atoms with Crippen LogP contribution in [0.3, 0.4) is 0 Å². The highest BCUT2D eigenvalue weighted by molar-refractivity contribution is 9.10. The van der Waals surface area contributed by atoms with E-state index in [1.54, 1.807) is 0 Å². The standard InChI is InChI=1S/C17H24BrNO2/c1-17(2,3)21-16(20)19-10-8-14(9-11-19)12-13-4-6-15(18)7-5-13/h4-7,14H,8-12H2,1-3H3. The highest BCUT2D eigenvalue weighted by Gasteiger charge is 2.26. The van der Waals surface area contributed by atoms with Gasteiger partial charge < -0.3 is 9.64 Å². The van der Waals surface area contributed by atoms with Crippen LogP contribution in [-0.2, 0) is 11.2 Å². The van der Waals surface area contributed by atoms with Gasteiger partial charge in [0.2, 0.25) is 0 Å². The lowest BCUT2D eigenvalue weighted by Crippen LogP contribution is -2.42. The predicted molar refractivity (Wildman–Crippen MR) is 88.4 cm³/mol. The monoisotopic (exact) mass is 353 g/mol. The molecule has 0 saturated carbocycles. The van der Waals surface area contributed by atoms with Crippen LogP contribution in [0.25, 0.3) is 0 Å². The van der Waals surface area contributed by atoms with E-state index in [2.05, 4.69) is 40.2 Å². The number of rotatable bonds is 2. The number of ether oxygens (including phenoxy) is 1. The fourth-order valence-corrected chi connectivity index (χ4v) is 2.86. The first-order valence-electron chi connectivity index (χ1n) is 7.56. The SMILES string of the molecule is CC(C)(C)OC(=O)N1CCC(Cc2ccc(Br)cc2)CC1. The van der Waals surface area contributed by atoms with E-state index in [-0.39, 0.29) is 6.09 Å². The zero-order valence-electron chi connectivity index (χ0n) is 13.1. The number of carbonyl (C=O) groups excluding carboxylic acids is 1. The molecule has 1 aliphatic rings. The third kappa shape index (κ3) is 5.34. The Kier molecular flexibility index (Phi) is 5.31. The number of nitrogens with zero attached hydrogens (tertiary/aromatic N) is 1. The summed E-state index contributed by atoms with van der Waals surface area (Å²) in [6.45, 7) is 7.33. The maximum atomic E-state index is 12.0. The summed E-state index contributed by atoms with van der Waals surface area (Å²) in [5.41, 5.74) is 0.958. The van der Waals surface area contributed by atoms with E-state index in [1.807, 2.05) is 25.7 Å². The molecule has 0 N–H and O–H groups in total. The molecule has 0 aliphatic carbocycles. The second-order valence-corrected chi connectivity index (χ2v) is 7.66. The summed E-state index contributed by atoms with van der Waals surface area (Å²) in [7, 11) is 0. The average molecular weight is 354 g/mol. The van der Waals surface area contributed by atoms with Crippen LogP contribution in [0.1, 0.15) is 39.2 Å². The van der Waals surface area contributed by atoms with Gasteiger partial charge in [-0.15, -0.1) is 0 Å². The molecule has 0 bridgehead atoms. The molecule has 0 atom stereocenters. The molecule has 4 heteroatoms. The van der Waals surface area contributed by atoms with Gasteiger partial charge in [-0.25, -0.2) is 4.79 Å². The molecule has 2 rings (SSSR count). The number of hydrogen-bond donors (Lipinski definition) is 0. The van der Waals surface area contributed by atoms with Crippen LogP contribution >= 0.6 is 15.9 Å². The summed E-state index contributed by atoms with van der Waals surface area (Å²) in [6.07, 6.45) is 3.02. The topological polar surface area (TPSA) is 29.5 Å². The molecular weight excluding hydrogens is 330 g/mol. The lowest BCUT2D eigenvalue weighted by molar-refractivity contribution is 0.0184. The molecule has 1 aromatic carbocycles. The molecule has 0 aromatic heterocycles. The number of piperidine rings is 1. The molecule has 116 valence electrons. The van der Waals surface area contributed by atoms with E-state index in [0.29, 0.717) is 5.92 Å². The van der Waals surface area contributed by atoms with E-state index in [4.69, 9.17) is 4.74 Å². The van der Waals surface area contributed by atoms with Gasteiger partial charge in [0.15, 0.2) is 0 Å². The molecule has 0 spiro atoms. The van der Waals surface area contributed by atoms with Crippen molar-refractivity contribution < 1.29 is 9.53 Å². The summed E-state index contributed by atoms with van der Waals surface area (Å²) < 4.78 is 6.54. The Bertz CT molecular complexity index is 471. The second-order valence-electron chi connectivity index (χ2n) is 6.74. The number of halogens is 1. The first-order chi connectivity index (χ1) is 9.83. The highest BCUT2D eigenvalue weighted by Crippen LogP contribution is 2.23. The van der Waals surface area contributed by atoms with Gasteiger partial charge >= 0.3 is 6.09 Å². The van der Waals surface area contributed by atoms with Crippen molar-refractivity contribution in [2.75, 3.05) is 13.1 Å². The molecule has 1 amide bonds. The number of benzene rings is 1. The Morgan fingerprint density at radius 3 is 2.33 bits per heavy atom. The number of likely N-dealkylation sites (tertiary alicyclic amines) is 1. The Morgan fingerprint density at radius 1 is 1.24 bits per heavy atom. The Hall–Kier alpha value is -1.03. The van der Waals surface area contributed by atoms with Crippen LogP contribution in [0, 0.1) is 5.92 Å².